The largest absolute Gasteiger partial charge is 0.365 e. The van der Waals surface area contributed by atoms with E-state index in [1.807, 2.05) is 6.92 Å². The first-order valence-electron chi connectivity index (χ1n) is 5.81. The Morgan fingerprint density at radius 2 is 2.18 bits per heavy atom. The van der Waals surface area contributed by atoms with Gasteiger partial charge in [0, 0.05) is 28.3 Å². The van der Waals surface area contributed by atoms with Crippen LogP contribution < -0.4 is 5.32 Å². The first kappa shape index (κ1) is 12.4. The second kappa shape index (κ2) is 5.53. The van der Waals surface area contributed by atoms with Crippen LogP contribution in [0.2, 0.25) is 0 Å². The molecule has 0 spiro atoms. The van der Waals surface area contributed by atoms with Gasteiger partial charge >= 0.3 is 0 Å². The number of aromatic nitrogens is 2. The van der Waals surface area contributed by atoms with Crippen molar-refractivity contribution in [2.75, 3.05) is 16.8 Å². The van der Waals surface area contributed by atoms with E-state index in [4.69, 9.17) is 0 Å². The van der Waals surface area contributed by atoms with Crippen LogP contribution in [0.4, 0.5) is 10.2 Å². The maximum Gasteiger partial charge on any atom is 0.186 e. The van der Waals surface area contributed by atoms with Crippen LogP contribution in [0.25, 0.3) is 0 Å². The highest BCUT2D eigenvalue weighted by atomic mass is 32.2. The molecule has 0 aliphatic carbocycles. The molecule has 1 aliphatic heterocycles. The Morgan fingerprint density at radius 3 is 2.82 bits per heavy atom. The van der Waals surface area contributed by atoms with E-state index in [0.717, 1.165) is 12.8 Å². The smallest absolute Gasteiger partial charge is 0.186 e. The van der Waals surface area contributed by atoms with E-state index in [9.17, 15) is 8.60 Å². The second-order valence-electron chi connectivity index (χ2n) is 4.10. The minimum Gasteiger partial charge on any atom is -0.365 e. The van der Waals surface area contributed by atoms with Gasteiger partial charge in [-0.3, -0.25) is 4.21 Å². The van der Waals surface area contributed by atoms with E-state index >= 15 is 0 Å². The lowest BCUT2D eigenvalue weighted by molar-refractivity contribution is 0.580. The molecule has 0 unspecified atom stereocenters. The molecule has 2 rings (SSSR count). The molecule has 1 aromatic heterocycles. The highest BCUT2D eigenvalue weighted by Crippen LogP contribution is 2.18. The Kier molecular flexibility index (Phi) is 4.04. The van der Waals surface area contributed by atoms with E-state index in [2.05, 4.69) is 15.3 Å². The summed E-state index contributed by atoms with van der Waals surface area (Å²) in [5, 5.41) is 3.08. The lowest BCUT2D eigenvalue weighted by atomic mass is 10.1. The molecule has 17 heavy (non-hydrogen) atoms. The van der Waals surface area contributed by atoms with Crippen molar-refractivity contribution in [1.29, 1.82) is 0 Å². The molecule has 0 radical (unpaired) electrons. The molecule has 0 atom stereocenters. The summed E-state index contributed by atoms with van der Waals surface area (Å²) in [6.07, 6.45) is 3.54. The summed E-state index contributed by atoms with van der Waals surface area (Å²) in [5.74, 6) is 1.28. The topological polar surface area (TPSA) is 54.9 Å². The zero-order valence-electron chi connectivity index (χ0n) is 9.78. The summed E-state index contributed by atoms with van der Waals surface area (Å²) < 4.78 is 25.1. The number of hydrogen-bond acceptors (Lipinski definition) is 4. The fourth-order valence-electron chi connectivity index (χ4n) is 1.88. The van der Waals surface area contributed by atoms with Gasteiger partial charge in [-0.25, -0.2) is 14.4 Å². The van der Waals surface area contributed by atoms with Gasteiger partial charge in [0.2, 0.25) is 0 Å². The molecule has 0 amide bonds. The first-order valence-corrected chi connectivity index (χ1v) is 7.30. The van der Waals surface area contributed by atoms with Crippen LogP contribution in [0, 0.1) is 5.82 Å². The van der Waals surface area contributed by atoms with Crippen LogP contribution in [-0.2, 0) is 17.2 Å². The predicted octanol–water partition coefficient (Wildman–Crippen LogP) is 1.50. The fraction of sp³-hybridized carbons (Fsp3) is 0.636. The molecule has 0 saturated carbocycles. The van der Waals surface area contributed by atoms with Crippen molar-refractivity contribution in [3.8, 4) is 0 Å². The molecular formula is C11H16FN3OS. The number of nitrogens with zero attached hydrogens (tertiary/aromatic N) is 2. The average Bonchev–Trinajstić information content (AvgIpc) is 2.35. The van der Waals surface area contributed by atoms with Crippen LogP contribution in [0.1, 0.15) is 25.5 Å². The third kappa shape index (κ3) is 3.00. The van der Waals surface area contributed by atoms with Crippen LogP contribution in [0.5, 0.6) is 0 Å². The highest BCUT2D eigenvalue weighted by molar-refractivity contribution is 7.85. The zero-order valence-corrected chi connectivity index (χ0v) is 10.6. The average molecular weight is 257 g/mol. The van der Waals surface area contributed by atoms with E-state index in [-0.39, 0.29) is 17.7 Å². The summed E-state index contributed by atoms with van der Waals surface area (Å²) in [7, 11) is -0.697. The Labute approximate surface area is 103 Å². The number of rotatable bonds is 3. The number of aryl methyl sites for hydroxylation is 1. The first-order chi connectivity index (χ1) is 8.20. The van der Waals surface area contributed by atoms with Crippen molar-refractivity contribution >= 4 is 16.6 Å². The SMILES string of the molecule is CCc1ncnc(NC2CCS(=O)CC2)c1F. The minimum atomic E-state index is -0.697. The third-order valence-corrected chi connectivity index (χ3v) is 4.31. The highest BCUT2D eigenvalue weighted by Gasteiger charge is 2.20. The van der Waals surface area contributed by atoms with Crippen molar-refractivity contribution in [3.05, 3.63) is 17.8 Å². The van der Waals surface area contributed by atoms with Crippen molar-refractivity contribution in [1.82, 2.24) is 9.97 Å². The minimum absolute atomic E-state index is 0.168. The molecule has 1 aliphatic rings. The maximum absolute atomic E-state index is 13.9. The lowest BCUT2D eigenvalue weighted by Gasteiger charge is -2.23. The Balaban J connectivity index is 2.06. The van der Waals surface area contributed by atoms with Crippen LogP contribution >= 0.6 is 0 Å². The molecule has 6 heteroatoms. The van der Waals surface area contributed by atoms with Crippen molar-refractivity contribution in [2.45, 2.75) is 32.2 Å². The second-order valence-corrected chi connectivity index (χ2v) is 5.80. The van der Waals surface area contributed by atoms with Gasteiger partial charge in [0.25, 0.3) is 0 Å². The Bertz CT molecular complexity index is 417. The summed E-state index contributed by atoms with van der Waals surface area (Å²) in [4.78, 5) is 7.81. The summed E-state index contributed by atoms with van der Waals surface area (Å²) in [6.45, 7) is 1.86. The van der Waals surface area contributed by atoms with Crippen LogP contribution in [0.15, 0.2) is 6.33 Å². The predicted molar refractivity (Wildman–Crippen MR) is 65.9 cm³/mol. The zero-order chi connectivity index (χ0) is 12.3. The third-order valence-electron chi connectivity index (χ3n) is 2.93. The van der Waals surface area contributed by atoms with Gasteiger partial charge in [0.15, 0.2) is 11.6 Å². The van der Waals surface area contributed by atoms with Gasteiger partial charge in [-0.1, -0.05) is 6.92 Å². The van der Waals surface area contributed by atoms with Crippen molar-refractivity contribution in [2.24, 2.45) is 0 Å². The summed E-state index contributed by atoms with van der Waals surface area (Å²) in [5.41, 5.74) is 0.432. The molecule has 2 heterocycles. The van der Waals surface area contributed by atoms with Crippen LogP contribution in [-0.4, -0.2) is 31.7 Å². The normalized spacial score (nSPS) is 24.6. The quantitative estimate of drug-likeness (QED) is 0.891. The summed E-state index contributed by atoms with van der Waals surface area (Å²) in [6, 6.07) is 0.168. The van der Waals surface area contributed by atoms with Crippen molar-refractivity contribution in [3.63, 3.8) is 0 Å². The molecule has 1 fully saturated rings. The number of halogens is 1. The molecular weight excluding hydrogens is 241 g/mol. The van der Waals surface area contributed by atoms with E-state index in [1.54, 1.807) is 0 Å². The molecule has 1 saturated heterocycles. The monoisotopic (exact) mass is 257 g/mol. The van der Waals surface area contributed by atoms with E-state index in [1.165, 1.54) is 6.33 Å². The van der Waals surface area contributed by atoms with Gasteiger partial charge in [-0.05, 0) is 19.3 Å². The molecule has 0 aromatic carbocycles. The van der Waals surface area contributed by atoms with E-state index in [0.29, 0.717) is 23.6 Å². The molecule has 0 bridgehead atoms. The Morgan fingerprint density at radius 1 is 1.47 bits per heavy atom. The van der Waals surface area contributed by atoms with Gasteiger partial charge in [0.1, 0.15) is 6.33 Å². The molecule has 1 aromatic rings. The number of nitrogens with one attached hydrogen (secondary N) is 1. The number of hydrogen-bond donors (Lipinski definition) is 1. The van der Waals surface area contributed by atoms with Crippen molar-refractivity contribution < 1.29 is 8.60 Å². The lowest BCUT2D eigenvalue weighted by Crippen LogP contribution is -2.30. The fourth-order valence-corrected chi connectivity index (χ4v) is 3.18. The van der Waals surface area contributed by atoms with Gasteiger partial charge < -0.3 is 5.32 Å². The van der Waals surface area contributed by atoms with Gasteiger partial charge in [-0.2, -0.15) is 0 Å². The standard InChI is InChI=1S/C11H16FN3OS/c1-2-9-10(12)11(14-7-13-9)15-8-3-5-17(16)6-4-8/h7-8H,2-6H2,1H3,(H,13,14,15). The molecule has 4 nitrogen and oxygen atoms in total. The molecule has 94 valence electrons. The van der Waals surface area contributed by atoms with E-state index < -0.39 is 10.8 Å². The number of anilines is 1. The maximum atomic E-state index is 13.9. The van der Waals surface area contributed by atoms with Crippen LogP contribution in [0.3, 0.4) is 0 Å². The van der Waals surface area contributed by atoms with Gasteiger partial charge in [-0.15, -0.1) is 0 Å². The molecule has 1 N–H and O–H groups in total. The summed E-state index contributed by atoms with van der Waals surface area (Å²) >= 11 is 0. The Hall–Kier alpha value is -1.04. The van der Waals surface area contributed by atoms with Gasteiger partial charge in [0.05, 0.1) is 5.69 Å².